The molecule has 2 rings (SSSR count). The van der Waals surface area contributed by atoms with Crippen molar-refractivity contribution in [2.45, 2.75) is 26.7 Å². The third-order valence-electron chi connectivity index (χ3n) is 3.68. The van der Waals surface area contributed by atoms with Crippen molar-refractivity contribution in [1.82, 2.24) is 0 Å². The van der Waals surface area contributed by atoms with Gasteiger partial charge in [-0.1, -0.05) is 44.2 Å². The average Bonchev–Trinajstić information content (AvgIpc) is 2.93. The maximum atomic E-state index is 12.2. The Kier molecular flexibility index (Phi) is 5.33. The first kappa shape index (κ1) is 16.2. The van der Waals surface area contributed by atoms with Gasteiger partial charge in [0.1, 0.15) is 10.6 Å². The van der Waals surface area contributed by atoms with Crippen LogP contribution in [-0.2, 0) is 4.79 Å². The minimum absolute atomic E-state index is 0.0936. The monoisotopic (exact) mass is 317 g/mol. The fourth-order valence-corrected chi connectivity index (χ4v) is 3.33. The molecule has 1 amide bonds. The Labute approximate surface area is 133 Å². The van der Waals surface area contributed by atoms with Gasteiger partial charge in [0.15, 0.2) is 0 Å². The molecule has 4 nitrogen and oxygen atoms in total. The second-order valence-corrected chi connectivity index (χ2v) is 5.91. The van der Waals surface area contributed by atoms with Crippen molar-refractivity contribution in [3.63, 3.8) is 0 Å². The fourth-order valence-electron chi connectivity index (χ4n) is 2.37. The van der Waals surface area contributed by atoms with Crippen LogP contribution in [0.3, 0.4) is 0 Å². The van der Waals surface area contributed by atoms with Crippen LogP contribution in [0.1, 0.15) is 37.0 Å². The number of hydrogen-bond acceptors (Lipinski definition) is 3. The lowest BCUT2D eigenvalue weighted by atomic mass is 10.0. The van der Waals surface area contributed by atoms with Gasteiger partial charge in [-0.15, -0.1) is 11.3 Å². The molecule has 1 aromatic carbocycles. The summed E-state index contributed by atoms with van der Waals surface area (Å²) >= 11 is 1.25. The summed E-state index contributed by atoms with van der Waals surface area (Å²) in [7, 11) is 0. The number of amides is 1. The second-order valence-electron chi connectivity index (χ2n) is 5.03. The second kappa shape index (κ2) is 7.22. The molecule has 0 aliphatic heterocycles. The minimum Gasteiger partial charge on any atom is -0.478 e. The van der Waals surface area contributed by atoms with Gasteiger partial charge in [-0.2, -0.15) is 0 Å². The molecule has 1 heterocycles. The van der Waals surface area contributed by atoms with Crippen LogP contribution < -0.4 is 5.32 Å². The molecular formula is C17H19NO3S. The predicted octanol–water partition coefficient (Wildman–Crippen LogP) is 4.49. The van der Waals surface area contributed by atoms with E-state index in [1.54, 1.807) is 5.38 Å². The number of carbonyl (C=O) groups excluding carboxylic acids is 1. The molecule has 2 N–H and O–H groups in total. The van der Waals surface area contributed by atoms with Gasteiger partial charge in [0, 0.05) is 16.9 Å². The van der Waals surface area contributed by atoms with Gasteiger partial charge in [0.25, 0.3) is 0 Å². The molecule has 0 radical (unpaired) electrons. The van der Waals surface area contributed by atoms with Crippen molar-refractivity contribution in [3.8, 4) is 11.1 Å². The molecule has 0 atom stereocenters. The molecule has 5 heteroatoms. The number of thiophene rings is 1. The fraction of sp³-hybridized carbons (Fsp3) is 0.294. The molecule has 2 aromatic rings. The summed E-state index contributed by atoms with van der Waals surface area (Å²) in [6.07, 6.45) is 1.48. The summed E-state index contributed by atoms with van der Waals surface area (Å²) in [5.41, 5.74) is 1.63. The van der Waals surface area contributed by atoms with Gasteiger partial charge in [0.05, 0.1) is 0 Å². The Bertz CT molecular complexity index is 660. The standard InChI is InChI=1S/C17H19NO3S/c1-3-11(4-2)15(19)18-16-14(17(20)21)13(10-22-16)12-8-6-5-7-9-12/h5-11H,3-4H2,1-2H3,(H,18,19)(H,20,21). The van der Waals surface area contributed by atoms with Crippen molar-refractivity contribution < 1.29 is 14.7 Å². The third kappa shape index (κ3) is 3.36. The first-order chi connectivity index (χ1) is 10.6. The Balaban J connectivity index is 2.36. The van der Waals surface area contributed by atoms with Gasteiger partial charge in [-0.3, -0.25) is 4.79 Å². The molecule has 0 spiro atoms. The summed E-state index contributed by atoms with van der Waals surface area (Å²) in [4.78, 5) is 23.8. The largest absolute Gasteiger partial charge is 0.478 e. The molecule has 0 saturated carbocycles. The minimum atomic E-state index is -1.03. The van der Waals surface area contributed by atoms with Gasteiger partial charge < -0.3 is 10.4 Å². The first-order valence-electron chi connectivity index (χ1n) is 7.29. The van der Waals surface area contributed by atoms with Crippen LogP contribution in [-0.4, -0.2) is 17.0 Å². The SMILES string of the molecule is CCC(CC)C(=O)Nc1scc(-c2ccccc2)c1C(=O)O. The highest BCUT2D eigenvalue weighted by Gasteiger charge is 2.23. The summed E-state index contributed by atoms with van der Waals surface area (Å²) in [6, 6.07) is 9.33. The van der Waals surface area contributed by atoms with E-state index in [0.717, 1.165) is 18.4 Å². The Morgan fingerprint density at radius 1 is 1.18 bits per heavy atom. The van der Waals surface area contributed by atoms with Crippen molar-refractivity contribution in [2.75, 3.05) is 5.32 Å². The highest BCUT2D eigenvalue weighted by Crippen LogP contribution is 2.35. The number of aromatic carboxylic acids is 1. The van der Waals surface area contributed by atoms with E-state index in [0.29, 0.717) is 10.6 Å². The van der Waals surface area contributed by atoms with Crippen LogP contribution in [0.25, 0.3) is 11.1 Å². The number of anilines is 1. The van der Waals surface area contributed by atoms with Crippen molar-refractivity contribution >= 4 is 28.2 Å². The number of carboxylic acid groups (broad SMARTS) is 1. The number of nitrogens with one attached hydrogen (secondary N) is 1. The maximum absolute atomic E-state index is 12.2. The summed E-state index contributed by atoms with van der Waals surface area (Å²) in [6.45, 7) is 3.91. The lowest BCUT2D eigenvalue weighted by Gasteiger charge is -2.12. The summed E-state index contributed by atoms with van der Waals surface area (Å²) in [5, 5.41) is 14.5. The van der Waals surface area contributed by atoms with Crippen LogP contribution in [0, 0.1) is 5.92 Å². The highest BCUT2D eigenvalue weighted by atomic mass is 32.1. The average molecular weight is 317 g/mol. The molecule has 0 aliphatic carbocycles. The Morgan fingerprint density at radius 2 is 1.82 bits per heavy atom. The number of carboxylic acids is 1. The molecular weight excluding hydrogens is 298 g/mol. The zero-order valence-corrected chi connectivity index (χ0v) is 13.4. The number of hydrogen-bond donors (Lipinski definition) is 2. The van der Waals surface area contributed by atoms with E-state index in [2.05, 4.69) is 5.32 Å². The van der Waals surface area contributed by atoms with Crippen LogP contribution in [0.2, 0.25) is 0 Å². The molecule has 22 heavy (non-hydrogen) atoms. The van der Waals surface area contributed by atoms with Crippen LogP contribution in [0.15, 0.2) is 35.7 Å². The van der Waals surface area contributed by atoms with E-state index in [-0.39, 0.29) is 17.4 Å². The smallest absolute Gasteiger partial charge is 0.339 e. The van der Waals surface area contributed by atoms with Crippen molar-refractivity contribution in [1.29, 1.82) is 0 Å². The lowest BCUT2D eigenvalue weighted by molar-refractivity contribution is -0.120. The molecule has 0 saturated heterocycles. The van der Waals surface area contributed by atoms with Gasteiger partial charge in [-0.25, -0.2) is 4.79 Å². The zero-order chi connectivity index (χ0) is 16.1. The lowest BCUT2D eigenvalue weighted by Crippen LogP contribution is -2.22. The first-order valence-corrected chi connectivity index (χ1v) is 8.17. The number of benzene rings is 1. The van der Waals surface area contributed by atoms with Crippen LogP contribution in [0.4, 0.5) is 5.00 Å². The molecule has 0 aliphatic rings. The molecule has 0 unspecified atom stereocenters. The van der Waals surface area contributed by atoms with Gasteiger partial charge in [-0.05, 0) is 18.4 Å². The Morgan fingerprint density at radius 3 is 2.36 bits per heavy atom. The quantitative estimate of drug-likeness (QED) is 0.825. The van der Waals surface area contributed by atoms with E-state index in [9.17, 15) is 14.7 Å². The highest BCUT2D eigenvalue weighted by molar-refractivity contribution is 7.15. The molecule has 1 aromatic heterocycles. The van der Waals surface area contributed by atoms with E-state index in [1.807, 2.05) is 44.2 Å². The van der Waals surface area contributed by atoms with Crippen LogP contribution >= 0.6 is 11.3 Å². The zero-order valence-electron chi connectivity index (χ0n) is 12.6. The van der Waals surface area contributed by atoms with E-state index in [1.165, 1.54) is 11.3 Å². The predicted molar refractivity (Wildman–Crippen MR) is 89.4 cm³/mol. The normalized spacial score (nSPS) is 10.7. The molecule has 0 fully saturated rings. The third-order valence-corrected chi connectivity index (χ3v) is 4.58. The van der Waals surface area contributed by atoms with Crippen molar-refractivity contribution in [2.24, 2.45) is 5.92 Å². The van der Waals surface area contributed by atoms with Crippen molar-refractivity contribution in [3.05, 3.63) is 41.3 Å². The van der Waals surface area contributed by atoms with E-state index < -0.39 is 5.97 Å². The van der Waals surface area contributed by atoms with E-state index >= 15 is 0 Å². The maximum Gasteiger partial charge on any atom is 0.339 e. The Hall–Kier alpha value is -2.14. The van der Waals surface area contributed by atoms with Gasteiger partial charge in [0.2, 0.25) is 5.91 Å². The summed E-state index contributed by atoms with van der Waals surface area (Å²) in [5.74, 6) is -1.24. The number of rotatable bonds is 6. The van der Waals surface area contributed by atoms with Crippen LogP contribution in [0.5, 0.6) is 0 Å². The summed E-state index contributed by atoms with van der Waals surface area (Å²) < 4.78 is 0. The van der Waals surface area contributed by atoms with E-state index in [4.69, 9.17) is 0 Å². The molecule has 0 bridgehead atoms. The van der Waals surface area contributed by atoms with Gasteiger partial charge >= 0.3 is 5.97 Å². The topological polar surface area (TPSA) is 66.4 Å². The number of carbonyl (C=O) groups is 2. The molecule has 116 valence electrons.